The quantitative estimate of drug-likeness (QED) is 0.718. The predicted molar refractivity (Wildman–Crippen MR) is 86.7 cm³/mol. The highest BCUT2D eigenvalue weighted by molar-refractivity contribution is 7.89. The molecule has 2 unspecified atom stereocenters. The normalized spacial score (nSPS) is 21.0. The van der Waals surface area contributed by atoms with E-state index in [4.69, 9.17) is 14.3 Å². The molecule has 0 spiro atoms. The van der Waals surface area contributed by atoms with Crippen molar-refractivity contribution in [2.45, 2.75) is 50.0 Å². The van der Waals surface area contributed by atoms with Crippen molar-refractivity contribution < 1.29 is 32.3 Å². The van der Waals surface area contributed by atoms with Crippen LogP contribution in [-0.2, 0) is 19.6 Å². The van der Waals surface area contributed by atoms with Crippen molar-refractivity contribution in [2.75, 3.05) is 13.7 Å². The van der Waals surface area contributed by atoms with Gasteiger partial charge in [-0.25, -0.2) is 13.2 Å². The van der Waals surface area contributed by atoms with Crippen LogP contribution in [0, 0.1) is 0 Å². The SMILES string of the molecule is COC(C)[C@H](C)NC(=O)C1CCCN1S(=O)(=O)c1ccc(C(=O)O)o1. The van der Waals surface area contributed by atoms with Gasteiger partial charge in [0.2, 0.25) is 16.8 Å². The number of carboxylic acid groups (broad SMARTS) is 1. The van der Waals surface area contributed by atoms with Crippen molar-refractivity contribution in [1.82, 2.24) is 9.62 Å². The third-order valence-corrected chi connectivity index (χ3v) is 6.09. The van der Waals surface area contributed by atoms with Gasteiger partial charge in [-0.05, 0) is 38.8 Å². The van der Waals surface area contributed by atoms with E-state index in [0.717, 1.165) is 16.4 Å². The predicted octanol–water partition coefficient (Wildman–Crippen LogP) is 0.671. The third-order valence-electron chi connectivity index (χ3n) is 4.31. The summed E-state index contributed by atoms with van der Waals surface area (Å²) in [7, 11) is -2.57. The minimum Gasteiger partial charge on any atom is -0.475 e. The fourth-order valence-corrected chi connectivity index (χ4v) is 4.19. The van der Waals surface area contributed by atoms with Crippen LogP contribution in [0.5, 0.6) is 0 Å². The van der Waals surface area contributed by atoms with Gasteiger partial charge in [0.15, 0.2) is 0 Å². The van der Waals surface area contributed by atoms with Crippen LogP contribution < -0.4 is 5.32 Å². The molecule has 0 aliphatic carbocycles. The Morgan fingerprint density at radius 2 is 2.08 bits per heavy atom. The highest BCUT2D eigenvalue weighted by atomic mass is 32.2. The summed E-state index contributed by atoms with van der Waals surface area (Å²) in [5.74, 6) is -2.25. The molecule has 1 aliphatic rings. The Labute approximate surface area is 146 Å². The molecule has 2 N–H and O–H groups in total. The lowest BCUT2D eigenvalue weighted by molar-refractivity contribution is -0.125. The first-order chi connectivity index (χ1) is 11.7. The lowest BCUT2D eigenvalue weighted by Gasteiger charge is -2.26. The Morgan fingerprint density at radius 1 is 1.40 bits per heavy atom. The Balaban J connectivity index is 2.19. The molecule has 140 valence electrons. The average Bonchev–Trinajstić information content (AvgIpc) is 3.23. The second-order valence-electron chi connectivity index (χ2n) is 5.94. The first-order valence-corrected chi connectivity index (χ1v) is 9.30. The molecule has 1 saturated heterocycles. The van der Waals surface area contributed by atoms with E-state index in [2.05, 4.69) is 5.32 Å². The fraction of sp³-hybridized carbons (Fsp3) is 0.600. The minimum atomic E-state index is -4.10. The average molecular weight is 374 g/mol. The Hall–Kier alpha value is -1.91. The first-order valence-electron chi connectivity index (χ1n) is 7.86. The molecule has 1 fully saturated rings. The molecule has 1 aromatic heterocycles. The number of carbonyl (C=O) groups is 2. The molecular formula is C15H22N2O7S. The van der Waals surface area contributed by atoms with Crippen molar-refractivity contribution in [3.05, 3.63) is 17.9 Å². The van der Waals surface area contributed by atoms with Gasteiger partial charge in [-0.15, -0.1) is 0 Å². The van der Waals surface area contributed by atoms with E-state index in [1.807, 2.05) is 0 Å². The van der Waals surface area contributed by atoms with Crippen LogP contribution in [0.25, 0.3) is 0 Å². The maximum Gasteiger partial charge on any atom is 0.371 e. The molecule has 1 aromatic rings. The van der Waals surface area contributed by atoms with E-state index in [-0.39, 0.29) is 18.7 Å². The third kappa shape index (κ3) is 4.02. The molecular weight excluding hydrogens is 352 g/mol. The van der Waals surface area contributed by atoms with Crippen molar-refractivity contribution in [2.24, 2.45) is 0 Å². The molecule has 2 rings (SSSR count). The molecule has 10 heteroatoms. The molecule has 1 amide bonds. The Kier molecular flexibility index (Phi) is 5.86. The summed E-state index contributed by atoms with van der Waals surface area (Å²) in [6.07, 6.45) is 0.683. The summed E-state index contributed by atoms with van der Waals surface area (Å²) in [5, 5.41) is 11.1. The number of methoxy groups -OCH3 is 1. The molecule has 0 bridgehead atoms. The number of sulfonamides is 1. The molecule has 25 heavy (non-hydrogen) atoms. The molecule has 0 radical (unpaired) electrons. The van der Waals surface area contributed by atoms with Crippen molar-refractivity contribution in [3.63, 3.8) is 0 Å². The van der Waals surface area contributed by atoms with E-state index in [0.29, 0.717) is 12.8 Å². The number of amides is 1. The Bertz CT molecular complexity index is 743. The topological polar surface area (TPSA) is 126 Å². The largest absolute Gasteiger partial charge is 0.475 e. The van der Waals surface area contributed by atoms with Gasteiger partial charge < -0.3 is 19.6 Å². The summed E-state index contributed by atoms with van der Waals surface area (Å²) < 4.78 is 36.5. The number of rotatable bonds is 7. The second-order valence-corrected chi connectivity index (χ2v) is 7.76. The number of aromatic carboxylic acids is 1. The van der Waals surface area contributed by atoms with Gasteiger partial charge in [0.05, 0.1) is 12.1 Å². The highest BCUT2D eigenvalue weighted by Gasteiger charge is 2.41. The zero-order valence-corrected chi connectivity index (χ0v) is 15.1. The van der Waals surface area contributed by atoms with E-state index in [1.54, 1.807) is 13.8 Å². The van der Waals surface area contributed by atoms with E-state index < -0.39 is 38.8 Å². The maximum atomic E-state index is 12.7. The summed E-state index contributed by atoms with van der Waals surface area (Å²) >= 11 is 0. The number of hydrogen-bond acceptors (Lipinski definition) is 6. The van der Waals surface area contributed by atoms with E-state index in [1.165, 1.54) is 7.11 Å². The second kappa shape index (κ2) is 7.54. The lowest BCUT2D eigenvalue weighted by Crippen LogP contribution is -2.50. The monoisotopic (exact) mass is 374 g/mol. The number of nitrogens with zero attached hydrogens (tertiary/aromatic N) is 1. The van der Waals surface area contributed by atoms with Crippen molar-refractivity contribution in [1.29, 1.82) is 0 Å². The molecule has 3 atom stereocenters. The van der Waals surface area contributed by atoms with Gasteiger partial charge in [-0.1, -0.05) is 0 Å². The minimum absolute atomic E-state index is 0.164. The summed E-state index contributed by atoms with van der Waals surface area (Å²) in [6.45, 7) is 3.73. The molecule has 0 saturated carbocycles. The zero-order valence-electron chi connectivity index (χ0n) is 14.3. The van der Waals surface area contributed by atoms with Crippen LogP contribution in [0.4, 0.5) is 0 Å². The van der Waals surface area contributed by atoms with Crippen LogP contribution in [0.3, 0.4) is 0 Å². The number of nitrogens with one attached hydrogen (secondary N) is 1. The maximum absolute atomic E-state index is 12.7. The first kappa shape index (κ1) is 19.4. The molecule has 9 nitrogen and oxygen atoms in total. The molecule has 0 aromatic carbocycles. The van der Waals surface area contributed by atoms with Crippen LogP contribution >= 0.6 is 0 Å². The van der Waals surface area contributed by atoms with E-state index in [9.17, 15) is 18.0 Å². The summed E-state index contributed by atoms with van der Waals surface area (Å²) in [5.41, 5.74) is 0. The van der Waals surface area contributed by atoms with Gasteiger partial charge in [-0.2, -0.15) is 4.31 Å². The van der Waals surface area contributed by atoms with E-state index >= 15 is 0 Å². The summed E-state index contributed by atoms with van der Waals surface area (Å²) in [4.78, 5) is 23.4. The van der Waals surface area contributed by atoms with Gasteiger partial charge in [0, 0.05) is 13.7 Å². The molecule has 1 aliphatic heterocycles. The standard InChI is InChI=1S/C15H22N2O7S/c1-9(10(2)23-3)16-14(18)11-5-4-8-17(11)25(21,22)13-7-6-12(24-13)15(19)20/h6-7,9-11H,4-5,8H2,1-3H3,(H,16,18)(H,19,20)/t9-,10?,11?/m0/s1. The number of carboxylic acids is 1. The number of ether oxygens (including phenoxy) is 1. The van der Waals surface area contributed by atoms with Gasteiger partial charge in [-0.3, -0.25) is 4.79 Å². The van der Waals surface area contributed by atoms with Crippen LogP contribution in [-0.4, -0.2) is 61.5 Å². The smallest absolute Gasteiger partial charge is 0.371 e. The summed E-state index contributed by atoms with van der Waals surface area (Å²) in [6, 6.07) is 1.00. The Morgan fingerprint density at radius 3 is 2.64 bits per heavy atom. The van der Waals surface area contributed by atoms with Gasteiger partial charge >= 0.3 is 5.97 Å². The van der Waals surface area contributed by atoms with Crippen LogP contribution in [0.1, 0.15) is 37.2 Å². The van der Waals surface area contributed by atoms with Crippen LogP contribution in [0.2, 0.25) is 0 Å². The number of furan rings is 1. The van der Waals surface area contributed by atoms with Gasteiger partial charge in [0.1, 0.15) is 6.04 Å². The zero-order chi connectivity index (χ0) is 18.8. The lowest BCUT2D eigenvalue weighted by atomic mass is 10.1. The molecule has 2 heterocycles. The van der Waals surface area contributed by atoms with Gasteiger partial charge in [0.25, 0.3) is 10.0 Å². The van der Waals surface area contributed by atoms with Crippen molar-refractivity contribution >= 4 is 21.9 Å². The van der Waals surface area contributed by atoms with Crippen molar-refractivity contribution in [3.8, 4) is 0 Å². The number of hydrogen-bond donors (Lipinski definition) is 2. The highest BCUT2D eigenvalue weighted by Crippen LogP contribution is 2.27. The fourth-order valence-electron chi connectivity index (χ4n) is 2.62. The van der Waals surface area contributed by atoms with Crippen LogP contribution in [0.15, 0.2) is 21.6 Å². The number of carbonyl (C=O) groups excluding carboxylic acids is 1.